The highest BCUT2D eigenvalue weighted by atomic mass is 19.1. The smallest absolute Gasteiger partial charge is 0.414 e. The normalized spacial score (nSPS) is 17.9. The monoisotopic (exact) mass is 453 g/mol. The Bertz CT molecular complexity index is 1030. The highest BCUT2D eigenvalue weighted by Gasteiger charge is 2.33. The molecule has 2 saturated heterocycles. The Balaban J connectivity index is 1.25. The third-order valence-corrected chi connectivity index (χ3v) is 6.04. The van der Waals surface area contributed by atoms with Crippen molar-refractivity contribution >= 4 is 29.2 Å². The molecule has 2 aliphatic rings. The van der Waals surface area contributed by atoms with E-state index in [-0.39, 0.29) is 43.4 Å². The molecule has 174 valence electrons. The molecule has 7 nitrogen and oxygen atoms in total. The van der Waals surface area contributed by atoms with E-state index in [0.717, 1.165) is 31.5 Å². The predicted molar refractivity (Wildman–Crippen MR) is 123 cm³/mol. The van der Waals surface area contributed by atoms with E-state index in [9.17, 15) is 18.8 Å². The number of aryl methyl sites for hydroxylation is 1. The summed E-state index contributed by atoms with van der Waals surface area (Å²) in [6.07, 6.45) is 1.14. The first kappa shape index (κ1) is 22.8. The van der Waals surface area contributed by atoms with E-state index in [1.165, 1.54) is 11.0 Å². The van der Waals surface area contributed by atoms with Gasteiger partial charge in [-0.25, -0.2) is 9.18 Å². The second-order valence-corrected chi connectivity index (χ2v) is 8.54. The molecule has 1 unspecified atom stereocenters. The van der Waals surface area contributed by atoms with Crippen LogP contribution in [0.1, 0.15) is 41.6 Å². The number of nitrogens with zero attached hydrogens (tertiary/aromatic N) is 2. The molecule has 2 heterocycles. The largest absolute Gasteiger partial charge is 0.442 e. The number of Topliss-reactive ketones (excluding diaryl/α,β-unsaturated/α-hetero) is 1. The maximum absolute atomic E-state index is 14.6. The molecule has 0 aromatic heterocycles. The van der Waals surface area contributed by atoms with Crippen molar-refractivity contribution in [2.45, 2.75) is 38.7 Å². The zero-order valence-electron chi connectivity index (χ0n) is 18.7. The minimum atomic E-state index is -0.572. The first-order chi connectivity index (χ1) is 15.9. The Morgan fingerprint density at radius 1 is 1.09 bits per heavy atom. The number of ketones is 1. The van der Waals surface area contributed by atoms with Crippen molar-refractivity contribution in [1.82, 2.24) is 5.32 Å². The van der Waals surface area contributed by atoms with Crippen molar-refractivity contribution in [2.75, 3.05) is 36.0 Å². The molecule has 0 radical (unpaired) electrons. The lowest BCUT2D eigenvalue weighted by Gasteiger charge is -2.20. The van der Waals surface area contributed by atoms with Gasteiger partial charge >= 0.3 is 6.09 Å². The van der Waals surface area contributed by atoms with Crippen LogP contribution in [0.5, 0.6) is 0 Å². The van der Waals surface area contributed by atoms with Gasteiger partial charge in [0.2, 0.25) is 5.91 Å². The molecule has 33 heavy (non-hydrogen) atoms. The molecular formula is C25H28FN3O4. The molecule has 0 aliphatic carbocycles. The van der Waals surface area contributed by atoms with E-state index in [0.29, 0.717) is 16.9 Å². The van der Waals surface area contributed by atoms with Gasteiger partial charge < -0.3 is 15.0 Å². The third-order valence-electron chi connectivity index (χ3n) is 6.04. The van der Waals surface area contributed by atoms with Crippen LogP contribution in [0.4, 0.5) is 20.6 Å². The van der Waals surface area contributed by atoms with Gasteiger partial charge in [0.05, 0.1) is 24.5 Å². The minimum absolute atomic E-state index is 0.0558. The summed E-state index contributed by atoms with van der Waals surface area (Å²) < 4.78 is 19.9. The molecule has 8 heteroatoms. The van der Waals surface area contributed by atoms with Crippen molar-refractivity contribution in [3.63, 3.8) is 0 Å². The maximum Gasteiger partial charge on any atom is 0.414 e. The van der Waals surface area contributed by atoms with Gasteiger partial charge in [-0.3, -0.25) is 14.5 Å². The fourth-order valence-corrected chi connectivity index (χ4v) is 4.14. The van der Waals surface area contributed by atoms with Gasteiger partial charge in [-0.05, 0) is 38.0 Å². The number of carbonyl (C=O) groups is 3. The molecule has 4 rings (SSSR count). The predicted octanol–water partition coefficient (Wildman–Crippen LogP) is 3.84. The summed E-state index contributed by atoms with van der Waals surface area (Å²) in [5.41, 5.74) is 2.62. The number of carbonyl (C=O) groups excluding carboxylic acids is 3. The number of rotatable bonds is 8. The van der Waals surface area contributed by atoms with Crippen molar-refractivity contribution in [1.29, 1.82) is 0 Å². The molecule has 0 bridgehead atoms. The first-order valence-electron chi connectivity index (χ1n) is 11.3. The summed E-state index contributed by atoms with van der Waals surface area (Å²) in [4.78, 5) is 40.0. The molecular weight excluding hydrogens is 425 g/mol. The summed E-state index contributed by atoms with van der Waals surface area (Å²) in [7, 11) is 0. The number of ether oxygens (including phenoxy) is 1. The molecule has 1 atom stereocenters. The van der Waals surface area contributed by atoms with Crippen LogP contribution >= 0.6 is 0 Å². The number of halogens is 1. The Hall–Kier alpha value is -3.42. The minimum Gasteiger partial charge on any atom is -0.442 e. The topological polar surface area (TPSA) is 79.0 Å². The van der Waals surface area contributed by atoms with E-state index >= 15 is 0 Å². The summed E-state index contributed by atoms with van der Waals surface area (Å²) in [5, 5.41) is 2.71. The maximum atomic E-state index is 14.6. The van der Waals surface area contributed by atoms with Crippen LogP contribution in [-0.4, -0.2) is 50.1 Å². The van der Waals surface area contributed by atoms with Crippen LogP contribution in [0.25, 0.3) is 0 Å². The van der Waals surface area contributed by atoms with Crippen molar-refractivity contribution in [3.8, 4) is 0 Å². The van der Waals surface area contributed by atoms with E-state index in [4.69, 9.17) is 4.74 Å². The van der Waals surface area contributed by atoms with Gasteiger partial charge in [0.25, 0.3) is 0 Å². The Morgan fingerprint density at radius 3 is 2.52 bits per heavy atom. The molecule has 2 aromatic rings. The van der Waals surface area contributed by atoms with E-state index in [1.54, 1.807) is 24.3 Å². The quantitative estimate of drug-likeness (QED) is 0.615. The number of hydrogen-bond donors (Lipinski definition) is 1. The number of amides is 2. The zero-order valence-corrected chi connectivity index (χ0v) is 18.7. The van der Waals surface area contributed by atoms with E-state index < -0.39 is 12.2 Å². The van der Waals surface area contributed by atoms with Crippen LogP contribution in [0.2, 0.25) is 0 Å². The van der Waals surface area contributed by atoms with Crippen molar-refractivity contribution in [2.24, 2.45) is 0 Å². The number of benzene rings is 2. The Morgan fingerprint density at radius 2 is 1.82 bits per heavy atom. The molecule has 2 amide bonds. The lowest BCUT2D eigenvalue weighted by molar-refractivity contribution is -0.121. The van der Waals surface area contributed by atoms with Crippen LogP contribution in [-0.2, 0) is 9.53 Å². The molecule has 0 saturated carbocycles. The van der Waals surface area contributed by atoms with Crippen LogP contribution < -0.4 is 15.1 Å². The highest BCUT2D eigenvalue weighted by Crippen LogP contribution is 2.29. The van der Waals surface area contributed by atoms with Crippen LogP contribution in [0, 0.1) is 12.7 Å². The molecule has 0 spiro atoms. The molecule has 2 aromatic carbocycles. The summed E-state index contributed by atoms with van der Waals surface area (Å²) in [5.74, 6) is -0.744. The Labute approximate surface area is 192 Å². The fraction of sp³-hybridized carbons (Fsp3) is 0.400. The number of cyclic esters (lactones) is 1. The summed E-state index contributed by atoms with van der Waals surface area (Å²) >= 11 is 0. The highest BCUT2D eigenvalue weighted by molar-refractivity contribution is 5.98. The van der Waals surface area contributed by atoms with Gasteiger partial charge in [-0.1, -0.05) is 29.8 Å². The first-order valence-corrected chi connectivity index (χ1v) is 11.3. The van der Waals surface area contributed by atoms with E-state index in [2.05, 4.69) is 5.32 Å². The lowest BCUT2D eigenvalue weighted by Crippen LogP contribution is -2.34. The summed E-state index contributed by atoms with van der Waals surface area (Å²) in [6, 6.07) is 12.0. The van der Waals surface area contributed by atoms with Gasteiger partial charge in [0.15, 0.2) is 5.78 Å². The standard InChI is InChI=1S/C25H28FN3O4/c1-17-4-6-18(7-5-17)23(30)10-11-24(31)27-15-20-16-29(25(32)33-20)19-8-9-22(21(26)14-19)28-12-2-3-13-28/h4-9,14,20H,2-3,10-13,15-16H2,1H3,(H,27,31). The average Bonchev–Trinajstić information content (AvgIpc) is 3.46. The Kier molecular flexibility index (Phi) is 6.91. The molecule has 2 aliphatic heterocycles. The van der Waals surface area contributed by atoms with Gasteiger partial charge in [-0.15, -0.1) is 0 Å². The van der Waals surface area contributed by atoms with Crippen LogP contribution in [0.15, 0.2) is 42.5 Å². The van der Waals surface area contributed by atoms with E-state index in [1.807, 2.05) is 24.0 Å². The second kappa shape index (κ2) is 10.0. The SMILES string of the molecule is Cc1ccc(C(=O)CCC(=O)NCC2CN(c3ccc(N4CCCC4)c(F)c3)C(=O)O2)cc1. The lowest BCUT2D eigenvalue weighted by atomic mass is 10.0. The average molecular weight is 454 g/mol. The van der Waals surface area contributed by atoms with Crippen molar-refractivity contribution in [3.05, 3.63) is 59.4 Å². The van der Waals surface area contributed by atoms with Gasteiger partial charge in [0, 0.05) is 31.5 Å². The van der Waals surface area contributed by atoms with Gasteiger partial charge in [-0.2, -0.15) is 0 Å². The number of anilines is 2. The molecule has 2 fully saturated rings. The van der Waals surface area contributed by atoms with Gasteiger partial charge in [0.1, 0.15) is 11.9 Å². The fourth-order valence-electron chi connectivity index (χ4n) is 4.14. The van der Waals surface area contributed by atoms with Crippen molar-refractivity contribution < 1.29 is 23.5 Å². The summed E-state index contributed by atoms with van der Waals surface area (Å²) in [6.45, 7) is 3.96. The number of nitrogens with one attached hydrogen (secondary N) is 1. The number of hydrogen-bond acceptors (Lipinski definition) is 5. The third kappa shape index (κ3) is 5.50. The zero-order chi connectivity index (χ0) is 23.4. The second-order valence-electron chi connectivity index (χ2n) is 8.54. The molecule has 1 N–H and O–H groups in total. The van der Waals surface area contributed by atoms with Crippen LogP contribution in [0.3, 0.4) is 0 Å².